The zero-order chi connectivity index (χ0) is 14.8. The molecule has 0 bridgehead atoms. The first-order valence-corrected chi connectivity index (χ1v) is 7.25. The van der Waals surface area contributed by atoms with E-state index in [9.17, 15) is 4.79 Å². The third-order valence-corrected chi connectivity index (χ3v) is 2.72. The van der Waals surface area contributed by atoms with Gasteiger partial charge < -0.3 is 14.2 Å². The fraction of sp³-hybridized carbons (Fsp3) is 0.562. The van der Waals surface area contributed by atoms with Gasteiger partial charge in [-0.1, -0.05) is 13.0 Å². The van der Waals surface area contributed by atoms with Gasteiger partial charge in [-0.25, -0.2) is 0 Å². The molecule has 1 aromatic rings. The quantitative estimate of drug-likeness (QED) is 0.651. The normalized spacial score (nSPS) is 10.2. The average Bonchev–Trinajstić information content (AvgIpc) is 2.42. The van der Waals surface area contributed by atoms with Crippen LogP contribution in [0.1, 0.15) is 39.2 Å². The van der Waals surface area contributed by atoms with Gasteiger partial charge in [0.1, 0.15) is 0 Å². The highest BCUT2D eigenvalue weighted by atomic mass is 16.5. The van der Waals surface area contributed by atoms with E-state index < -0.39 is 0 Å². The summed E-state index contributed by atoms with van der Waals surface area (Å²) >= 11 is 0. The highest BCUT2D eigenvalue weighted by Crippen LogP contribution is 2.28. The molecule has 0 amide bonds. The van der Waals surface area contributed by atoms with Crippen molar-refractivity contribution in [1.29, 1.82) is 0 Å². The molecule has 0 saturated carbocycles. The van der Waals surface area contributed by atoms with Crippen LogP contribution in [0.3, 0.4) is 0 Å². The van der Waals surface area contributed by atoms with Crippen LogP contribution in [0.15, 0.2) is 18.2 Å². The Hall–Kier alpha value is -1.71. The lowest BCUT2D eigenvalue weighted by Crippen LogP contribution is -2.07. The van der Waals surface area contributed by atoms with Crippen LogP contribution in [0.4, 0.5) is 0 Å². The van der Waals surface area contributed by atoms with Crippen LogP contribution in [0.25, 0.3) is 0 Å². The minimum Gasteiger partial charge on any atom is -0.490 e. The maximum atomic E-state index is 11.3. The Bertz CT molecular complexity index is 415. The molecule has 0 heterocycles. The Morgan fingerprint density at radius 3 is 2.40 bits per heavy atom. The molecule has 20 heavy (non-hydrogen) atoms. The van der Waals surface area contributed by atoms with Crippen LogP contribution in [-0.4, -0.2) is 25.8 Å². The predicted octanol–water partition coefficient (Wildman–Crippen LogP) is 3.37. The zero-order valence-electron chi connectivity index (χ0n) is 12.6. The molecule has 0 aromatic heterocycles. The molecule has 0 spiro atoms. The molecule has 0 unspecified atom stereocenters. The van der Waals surface area contributed by atoms with Crippen LogP contribution < -0.4 is 9.47 Å². The summed E-state index contributed by atoms with van der Waals surface area (Å²) in [5.74, 6) is 1.36. The van der Waals surface area contributed by atoms with Gasteiger partial charge in [0.2, 0.25) is 0 Å². The molecule has 0 aliphatic heterocycles. The van der Waals surface area contributed by atoms with Crippen molar-refractivity contribution in [3.63, 3.8) is 0 Å². The summed E-state index contributed by atoms with van der Waals surface area (Å²) in [7, 11) is 0. The molecule has 0 aliphatic rings. The number of hydrogen-bond donors (Lipinski definition) is 0. The molecule has 4 nitrogen and oxygen atoms in total. The fourth-order valence-corrected chi connectivity index (χ4v) is 1.81. The van der Waals surface area contributed by atoms with Crippen LogP contribution in [0.2, 0.25) is 0 Å². The molecule has 4 heteroatoms. The number of ether oxygens (including phenoxy) is 3. The Morgan fingerprint density at radius 2 is 1.75 bits per heavy atom. The first-order chi connectivity index (χ1) is 9.71. The Morgan fingerprint density at radius 1 is 1.05 bits per heavy atom. The van der Waals surface area contributed by atoms with Crippen molar-refractivity contribution in [2.24, 2.45) is 0 Å². The summed E-state index contributed by atoms with van der Waals surface area (Å²) in [6, 6.07) is 5.82. The molecule has 1 aromatic carbocycles. The van der Waals surface area contributed by atoms with Gasteiger partial charge in [-0.3, -0.25) is 4.79 Å². The van der Waals surface area contributed by atoms with Gasteiger partial charge in [-0.15, -0.1) is 0 Å². The van der Waals surface area contributed by atoms with Crippen LogP contribution in [-0.2, 0) is 16.0 Å². The average molecular weight is 280 g/mol. The Labute approximate surface area is 121 Å². The van der Waals surface area contributed by atoms with E-state index in [0.29, 0.717) is 32.7 Å². The first-order valence-electron chi connectivity index (χ1n) is 7.25. The van der Waals surface area contributed by atoms with Gasteiger partial charge in [0.15, 0.2) is 11.5 Å². The minimum atomic E-state index is -0.136. The molecule has 0 aliphatic carbocycles. The van der Waals surface area contributed by atoms with Crippen LogP contribution in [0.5, 0.6) is 11.5 Å². The highest BCUT2D eigenvalue weighted by molar-refractivity contribution is 5.69. The second-order valence-electron chi connectivity index (χ2n) is 4.37. The summed E-state index contributed by atoms with van der Waals surface area (Å²) < 4.78 is 16.2. The van der Waals surface area contributed by atoms with Gasteiger partial charge in [0.05, 0.1) is 19.8 Å². The van der Waals surface area contributed by atoms with Crippen LogP contribution in [0, 0.1) is 0 Å². The summed E-state index contributed by atoms with van der Waals surface area (Å²) in [5, 5.41) is 0. The van der Waals surface area contributed by atoms with Crippen molar-refractivity contribution in [2.45, 2.75) is 40.0 Å². The van der Waals surface area contributed by atoms with E-state index in [1.54, 1.807) is 0 Å². The lowest BCUT2D eigenvalue weighted by atomic mass is 10.1. The number of carbonyl (C=O) groups is 1. The summed E-state index contributed by atoms with van der Waals surface area (Å²) in [5.41, 5.74) is 1.07. The topological polar surface area (TPSA) is 44.8 Å². The van der Waals surface area contributed by atoms with Gasteiger partial charge in [-0.05, 0) is 38.0 Å². The zero-order valence-corrected chi connectivity index (χ0v) is 12.6. The number of rotatable bonds is 9. The third-order valence-electron chi connectivity index (χ3n) is 2.72. The lowest BCUT2D eigenvalue weighted by molar-refractivity contribution is -0.143. The van der Waals surface area contributed by atoms with Gasteiger partial charge in [0, 0.05) is 12.8 Å². The van der Waals surface area contributed by atoms with Crippen molar-refractivity contribution in [1.82, 2.24) is 0 Å². The van der Waals surface area contributed by atoms with E-state index in [0.717, 1.165) is 23.5 Å². The number of benzene rings is 1. The largest absolute Gasteiger partial charge is 0.490 e. The summed E-state index contributed by atoms with van der Waals surface area (Å²) in [6.07, 6.45) is 1.98. The first kappa shape index (κ1) is 16.3. The Balaban J connectivity index is 2.57. The third kappa shape index (κ3) is 5.51. The molecular weight excluding hydrogens is 256 g/mol. The molecule has 0 N–H and O–H groups in total. The van der Waals surface area contributed by atoms with E-state index in [-0.39, 0.29) is 5.97 Å². The highest BCUT2D eigenvalue weighted by Gasteiger charge is 2.07. The maximum Gasteiger partial charge on any atom is 0.305 e. The van der Waals surface area contributed by atoms with E-state index in [1.807, 2.05) is 39.0 Å². The van der Waals surface area contributed by atoms with Crippen molar-refractivity contribution < 1.29 is 19.0 Å². The minimum absolute atomic E-state index is 0.136. The van der Waals surface area contributed by atoms with E-state index >= 15 is 0 Å². The van der Waals surface area contributed by atoms with Gasteiger partial charge >= 0.3 is 5.97 Å². The predicted molar refractivity (Wildman–Crippen MR) is 78.4 cm³/mol. The SMILES string of the molecule is CCCC(=O)OCCc1ccc(OCC)c(OCC)c1. The molecule has 0 saturated heterocycles. The smallest absolute Gasteiger partial charge is 0.305 e. The molecule has 0 fully saturated rings. The number of hydrogen-bond acceptors (Lipinski definition) is 4. The van der Waals surface area contributed by atoms with E-state index in [4.69, 9.17) is 14.2 Å². The lowest BCUT2D eigenvalue weighted by Gasteiger charge is -2.12. The van der Waals surface area contributed by atoms with Crippen molar-refractivity contribution in [3.05, 3.63) is 23.8 Å². The van der Waals surface area contributed by atoms with Gasteiger partial charge in [0.25, 0.3) is 0 Å². The number of carbonyl (C=O) groups excluding carboxylic acids is 1. The van der Waals surface area contributed by atoms with Crippen molar-refractivity contribution >= 4 is 5.97 Å². The van der Waals surface area contributed by atoms with Crippen LogP contribution >= 0.6 is 0 Å². The second-order valence-corrected chi connectivity index (χ2v) is 4.37. The molecule has 112 valence electrons. The van der Waals surface area contributed by atoms with Gasteiger partial charge in [-0.2, -0.15) is 0 Å². The standard InChI is InChI=1S/C16H24O4/c1-4-7-16(17)20-11-10-13-8-9-14(18-5-2)15(12-13)19-6-3/h8-9,12H,4-7,10-11H2,1-3H3. The number of esters is 1. The van der Waals surface area contributed by atoms with E-state index in [1.165, 1.54) is 0 Å². The van der Waals surface area contributed by atoms with Crippen molar-refractivity contribution in [2.75, 3.05) is 19.8 Å². The van der Waals surface area contributed by atoms with Crippen molar-refractivity contribution in [3.8, 4) is 11.5 Å². The molecule has 0 atom stereocenters. The molecule has 0 radical (unpaired) electrons. The second kappa shape index (κ2) is 9.23. The molecule has 1 rings (SSSR count). The molecular formula is C16H24O4. The Kier molecular flexibility index (Phi) is 7.55. The summed E-state index contributed by atoms with van der Waals surface area (Å²) in [4.78, 5) is 11.3. The monoisotopic (exact) mass is 280 g/mol. The fourth-order valence-electron chi connectivity index (χ4n) is 1.81. The summed E-state index contributed by atoms with van der Waals surface area (Å²) in [6.45, 7) is 7.44. The maximum absolute atomic E-state index is 11.3. The van der Waals surface area contributed by atoms with E-state index in [2.05, 4.69) is 0 Å².